The fraction of sp³-hybridized carbons (Fsp3) is 0.500. The van der Waals surface area contributed by atoms with Gasteiger partial charge >= 0.3 is 0 Å². The predicted molar refractivity (Wildman–Crippen MR) is 84.6 cm³/mol. The fourth-order valence-corrected chi connectivity index (χ4v) is 3.17. The van der Waals surface area contributed by atoms with Crippen molar-refractivity contribution in [2.75, 3.05) is 5.32 Å². The van der Waals surface area contributed by atoms with Crippen LogP contribution in [0.3, 0.4) is 0 Å². The number of anilines is 1. The van der Waals surface area contributed by atoms with Gasteiger partial charge in [0.05, 0.1) is 0 Å². The zero-order valence-electron chi connectivity index (χ0n) is 12.8. The van der Waals surface area contributed by atoms with E-state index in [-0.39, 0.29) is 17.2 Å². The third kappa shape index (κ3) is 3.04. The minimum Gasteiger partial charge on any atom is -0.310 e. The normalized spacial score (nSPS) is 18.3. The van der Waals surface area contributed by atoms with E-state index in [1.165, 1.54) is 18.9 Å². The molecule has 0 spiro atoms. The summed E-state index contributed by atoms with van der Waals surface area (Å²) in [5.41, 5.74) is 0.914. The Hall–Kier alpha value is -2.44. The number of rotatable bonds is 4. The van der Waals surface area contributed by atoms with Gasteiger partial charge < -0.3 is 10.3 Å². The highest BCUT2D eigenvalue weighted by Crippen LogP contribution is 2.37. The Balaban J connectivity index is 1.50. The highest BCUT2D eigenvalue weighted by atomic mass is 16.2. The number of carbonyl (C=O) groups excluding carboxylic acids is 1. The van der Waals surface area contributed by atoms with Gasteiger partial charge in [0.15, 0.2) is 5.82 Å². The van der Waals surface area contributed by atoms with Crippen molar-refractivity contribution in [3.63, 3.8) is 0 Å². The van der Waals surface area contributed by atoms with E-state index < -0.39 is 5.91 Å². The molecular weight excluding hydrogens is 294 g/mol. The molecule has 23 heavy (non-hydrogen) atoms. The lowest BCUT2D eigenvalue weighted by Gasteiger charge is -2.04. The molecule has 0 unspecified atom stereocenters. The summed E-state index contributed by atoms with van der Waals surface area (Å²) in [5, 5.41) is 9.87. The van der Waals surface area contributed by atoms with E-state index in [4.69, 9.17) is 0 Å². The Labute approximate surface area is 132 Å². The van der Waals surface area contributed by atoms with Crippen molar-refractivity contribution >= 4 is 11.7 Å². The lowest BCUT2D eigenvalue weighted by Crippen LogP contribution is -2.20. The van der Waals surface area contributed by atoms with Crippen LogP contribution in [0.1, 0.15) is 72.4 Å². The van der Waals surface area contributed by atoms with Gasteiger partial charge in [-0.1, -0.05) is 12.8 Å². The number of hydrogen-bond donors (Lipinski definition) is 3. The topological polar surface area (TPSA) is 104 Å². The van der Waals surface area contributed by atoms with Crippen LogP contribution in [0.2, 0.25) is 0 Å². The summed E-state index contributed by atoms with van der Waals surface area (Å²) in [6.07, 6.45) is 6.83. The number of H-pyrrole nitrogens is 2. The van der Waals surface area contributed by atoms with Crippen LogP contribution in [0.15, 0.2) is 16.9 Å². The highest BCUT2D eigenvalue weighted by Gasteiger charge is 2.27. The van der Waals surface area contributed by atoms with Crippen molar-refractivity contribution in [1.29, 1.82) is 0 Å². The molecule has 2 aromatic rings. The summed E-state index contributed by atoms with van der Waals surface area (Å²) in [5.74, 6) is 1.48. The summed E-state index contributed by atoms with van der Waals surface area (Å²) in [7, 11) is 0. The quantitative estimate of drug-likeness (QED) is 0.805. The zero-order chi connectivity index (χ0) is 15.8. The molecule has 120 valence electrons. The molecule has 3 N–H and O–H groups in total. The number of carbonyl (C=O) groups is 1. The van der Waals surface area contributed by atoms with Crippen molar-refractivity contribution in [2.24, 2.45) is 0 Å². The van der Waals surface area contributed by atoms with Gasteiger partial charge in [-0.15, -0.1) is 0 Å². The summed E-state index contributed by atoms with van der Waals surface area (Å²) in [6, 6.07) is 3.11. The number of hydrogen-bond acceptors (Lipinski definition) is 4. The van der Waals surface area contributed by atoms with Gasteiger partial charge in [-0.05, 0) is 25.7 Å². The second-order valence-corrected chi connectivity index (χ2v) is 6.43. The van der Waals surface area contributed by atoms with Crippen LogP contribution in [0, 0.1) is 0 Å². The van der Waals surface area contributed by atoms with E-state index in [9.17, 15) is 9.59 Å². The molecule has 2 fully saturated rings. The number of aromatic nitrogens is 4. The number of aromatic amines is 2. The average Bonchev–Trinajstić information content (AvgIpc) is 3.05. The molecule has 7 heteroatoms. The van der Waals surface area contributed by atoms with Crippen LogP contribution in [-0.4, -0.2) is 26.1 Å². The molecule has 2 aliphatic carbocycles. The molecule has 0 atom stereocenters. The minimum atomic E-state index is -0.400. The van der Waals surface area contributed by atoms with Gasteiger partial charge in [-0.2, -0.15) is 5.10 Å². The lowest BCUT2D eigenvalue weighted by molar-refractivity contribution is 0.102. The van der Waals surface area contributed by atoms with Gasteiger partial charge in [0.25, 0.3) is 11.5 Å². The summed E-state index contributed by atoms with van der Waals surface area (Å²) < 4.78 is 0. The molecule has 4 rings (SSSR count). The number of amides is 1. The van der Waals surface area contributed by atoms with E-state index in [1.807, 2.05) is 6.07 Å². The zero-order valence-corrected chi connectivity index (χ0v) is 12.8. The largest absolute Gasteiger partial charge is 0.310 e. The molecule has 2 saturated carbocycles. The lowest BCUT2D eigenvalue weighted by atomic mass is 10.0. The Morgan fingerprint density at radius 2 is 1.91 bits per heavy atom. The predicted octanol–water partition coefficient (Wildman–Crippen LogP) is 2.28. The first-order chi connectivity index (χ1) is 11.2. The van der Waals surface area contributed by atoms with Crippen molar-refractivity contribution in [1.82, 2.24) is 20.2 Å². The van der Waals surface area contributed by atoms with E-state index in [0.717, 1.165) is 31.4 Å². The van der Waals surface area contributed by atoms with Crippen LogP contribution in [-0.2, 0) is 0 Å². The monoisotopic (exact) mass is 313 g/mol. The van der Waals surface area contributed by atoms with Crippen molar-refractivity contribution in [2.45, 2.75) is 50.4 Å². The Morgan fingerprint density at radius 1 is 1.13 bits per heavy atom. The van der Waals surface area contributed by atoms with Gasteiger partial charge in [0.2, 0.25) is 0 Å². The Kier molecular flexibility index (Phi) is 3.48. The Morgan fingerprint density at radius 3 is 2.65 bits per heavy atom. The first kappa shape index (κ1) is 14.2. The van der Waals surface area contributed by atoms with Crippen LogP contribution in [0.5, 0.6) is 0 Å². The second kappa shape index (κ2) is 5.64. The first-order valence-electron chi connectivity index (χ1n) is 8.17. The summed E-state index contributed by atoms with van der Waals surface area (Å²) in [4.78, 5) is 31.0. The maximum absolute atomic E-state index is 12.3. The van der Waals surface area contributed by atoms with Crippen LogP contribution >= 0.6 is 0 Å². The minimum absolute atomic E-state index is 0.140. The summed E-state index contributed by atoms with van der Waals surface area (Å²) >= 11 is 0. The molecular formula is C16H19N5O2. The van der Waals surface area contributed by atoms with Crippen molar-refractivity contribution < 1.29 is 4.79 Å². The van der Waals surface area contributed by atoms with E-state index in [2.05, 4.69) is 25.5 Å². The van der Waals surface area contributed by atoms with Crippen LogP contribution in [0.25, 0.3) is 0 Å². The van der Waals surface area contributed by atoms with Gasteiger partial charge in [0.1, 0.15) is 11.5 Å². The van der Waals surface area contributed by atoms with Crippen LogP contribution in [0.4, 0.5) is 5.82 Å². The summed E-state index contributed by atoms with van der Waals surface area (Å²) in [6.45, 7) is 0. The van der Waals surface area contributed by atoms with Gasteiger partial charge in [-0.3, -0.25) is 14.7 Å². The SMILES string of the molecule is O=C(Nc1cc(C2CCCC2)[nH]n1)c1cc(=O)[nH]c(C2CC2)n1. The molecule has 2 aliphatic rings. The third-order valence-corrected chi connectivity index (χ3v) is 4.59. The van der Waals surface area contributed by atoms with Gasteiger partial charge in [-0.25, -0.2) is 4.98 Å². The molecule has 1 amide bonds. The van der Waals surface area contributed by atoms with E-state index in [0.29, 0.717) is 17.6 Å². The van der Waals surface area contributed by atoms with Crippen molar-refractivity contribution in [3.8, 4) is 0 Å². The molecule has 7 nitrogen and oxygen atoms in total. The molecule has 0 aliphatic heterocycles. The van der Waals surface area contributed by atoms with Gasteiger partial charge in [0, 0.05) is 29.7 Å². The second-order valence-electron chi connectivity index (χ2n) is 6.43. The maximum Gasteiger partial charge on any atom is 0.275 e. The average molecular weight is 313 g/mol. The van der Waals surface area contributed by atoms with E-state index in [1.54, 1.807) is 0 Å². The van der Waals surface area contributed by atoms with Crippen molar-refractivity contribution in [3.05, 3.63) is 39.7 Å². The molecule has 2 aromatic heterocycles. The first-order valence-corrected chi connectivity index (χ1v) is 8.17. The molecule has 2 heterocycles. The Bertz CT molecular complexity index is 784. The molecule has 0 saturated heterocycles. The van der Waals surface area contributed by atoms with Crippen LogP contribution < -0.4 is 10.9 Å². The number of nitrogens with one attached hydrogen (secondary N) is 3. The third-order valence-electron chi connectivity index (χ3n) is 4.59. The highest BCUT2D eigenvalue weighted by molar-refractivity contribution is 6.02. The molecule has 0 radical (unpaired) electrons. The molecule has 0 aromatic carbocycles. The van der Waals surface area contributed by atoms with E-state index >= 15 is 0 Å². The number of nitrogens with zero attached hydrogens (tertiary/aromatic N) is 2. The standard InChI is InChI=1S/C16H19N5O2/c22-14-8-12(17-15(19-14)10-5-6-10)16(23)18-13-7-11(20-21-13)9-3-1-2-4-9/h7-10H,1-6H2,(H,17,19,22)(H2,18,20,21,23). The molecule has 0 bridgehead atoms. The maximum atomic E-state index is 12.3. The fourth-order valence-electron chi connectivity index (χ4n) is 3.17. The smallest absolute Gasteiger partial charge is 0.275 e.